The van der Waals surface area contributed by atoms with Crippen molar-refractivity contribution in [1.82, 2.24) is 10.2 Å². The maximum Gasteiger partial charge on any atom is 0.317 e. The molecule has 0 radical (unpaired) electrons. The van der Waals surface area contributed by atoms with Gasteiger partial charge in [0.1, 0.15) is 0 Å². The lowest BCUT2D eigenvalue weighted by Crippen LogP contribution is -2.43. The number of unbranched alkanes of at least 4 members (excludes halogenated alkanes) is 1. The van der Waals surface area contributed by atoms with E-state index in [-0.39, 0.29) is 6.03 Å². The van der Waals surface area contributed by atoms with Gasteiger partial charge >= 0.3 is 6.03 Å². The number of urea groups is 1. The molecule has 0 aromatic carbocycles. The van der Waals surface area contributed by atoms with Crippen molar-refractivity contribution in [2.45, 2.75) is 26.2 Å². The number of carbonyl (C=O) groups excluding carboxylic acids is 1. The Morgan fingerprint density at radius 3 is 2.69 bits per heavy atom. The number of nitrogens with zero attached hydrogens (tertiary/aromatic N) is 1. The van der Waals surface area contributed by atoms with Gasteiger partial charge in [-0.15, -0.1) is 0 Å². The number of hydrogen-bond donors (Lipinski definition) is 2. The quantitative estimate of drug-likeness (QED) is 0.577. The van der Waals surface area contributed by atoms with Gasteiger partial charge in [-0.3, -0.25) is 0 Å². The van der Waals surface area contributed by atoms with Crippen molar-refractivity contribution >= 4 is 6.03 Å². The average Bonchev–Trinajstić information content (AvgIpc) is 2.29. The van der Waals surface area contributed by atoms with E-state index in [9.17, 15) is 4.79 Å². The van der Waals surface area contributed by atoms with E-state index < -0.39 is 0 Å². The molecule has 5 nitrogen and oxygen atoms in total. The summed E-state index contributed by atoms with van der Waals surface area (Å²) < 4.78 is 4.98. The number of carbonyl (C=O) groups is 1. The Balaban J connectivity index is 3.88. The molecule has 0 aliphatic rings. The number of rotatable bonds is 9. The Kier molecular flexibility index (Phi) is 10.2. The second kappa shape index (κ2) is 10.7. The second-order valence-electron chi connectivity index (χ2n) is 3.71. The Bertz CT molecular complexity index is 169. The van der Waals surface area contributed by atoms with Crippen LogP contribution >= 0.6 is 0 Å². The summed E-state index contributed by atoms with van der Waals surface area (Å²) in [4.78, 5) is 13.5. The molecule has 0 aromatic heterocycles. The SMILES string of the molecule is CCCCNC(=O)N(CCCN)CCOC. The molecule has 0 unspecified atom stereocenters. The predicted octanol–water partition coefficient (Wildman–Crippen LogP) is 0.793. The molecule has 0 heterocycles. The molecule has 96 valence electrons. The minimum atomic E-state index is -0.0149. The van der Waals surface area contributed by atoms with Gasteiger partial charge in [-0.25, -0.2) is 4.79 Å². The van der Waals surface area contributed by atoms with Gasteiger partial charge < -0.3 is 20.7 Å². The van der Waals surface area contributed by atoms with Crippen LogP contribution in [0.2, 0.25) is 0 Å². The summed E-state index contributed by atoms with van der Waals surface area (Å²) in [6.45, 7) is 5.31. The topological polar surface area (TPSA) is 67.6 Å². The average molecular weight is 231 g/mol. The van der Waals surface area contributed by atoms with Crippen LogP contribution in [-0.4, -0.2) is 50.8 Å². The standard InChI is InChI=1S/C11H25N3O2/c1-3-4-7-13-11(15)14(8-5-6-12)9-10-16-2/h3-10,12H2,1-2H3,(H,13,15). The van der Waals surface area contributed by atoms with Crippen molar-refractivity contribution in [3.63, 3.8) is 0 Å². The Labute approximate surface area is 98.3 Å². The van der Waals surface area contributed by atoms with Crippen LogP contribution in [-0.2, 0) is 4.74 Å². The van der Waals surface area contributed by atoms with Gasteiger partial charge in [-0.2, -0.15) is 0 Å². The monoisotopic (exact) mass is 231 g/mol. The van der Waals surface area contributed by atoms with Crippen molar-refractivity contribution in [3.05, 3.63) is 0 Å². The van der Waals surface area contributed by atoms with Crippen molar-refractivity contribution < 1.29 is 9.53 Å². The first-order valence-electron chi connectivity index (χ1n) is 5.98. The minimum absolute atomic E-state index is 0.0149. The maximum atomic E-state index is 11.7. The van der Waals surface area contributed by atoms with Gasteiger partial charge in [0.25, 0.3) is 0 Å². The van der Waals surface area contributed by atoms with Gasteiger partial charge in [0.15, 0.2) is 0 Å². The second-order valence-corrected chi connectivity index (χ2v) is 3.71. The van der Waals surface area contributed by atoms with Crippen LogP contribution in [0.3, 0.4) is 0 Å². The lowest BCUT2D eigenvalue weighted by Gasteiger charge is -2.22. The van der Waals surface area contributed by atoms with Crippen LogP contribution in [0, 0.1) is 0 Å². The normalized spacial score (nSPS) is 10.2. The molecule has 0 rings (SSSR count). The summed E-state index contributed by atoms with van der Waals surface area (Å²) in [5.41, 5.74) is 5.44. The number of ether oxygens (including phenoxy) is 1. The highest BCUT2D eigenvalue weighted by Crippen LogP contribution is 1.93. The Morgan fingerprint density at radius 1 is 1.38 bits per heavy atom. The third kappa shape index (κ3) is 7.48. The van der Waals surface area contributed by atoms with E-state index in [0.717, 1.165) is 25.8 Å². The van der Waals surface area contributed by atoms with Crippen LogP contribution in [0.15, 0.2) is 0 Å². The number of methoxy groups -OCH3 is 1. The van der Waals surface area contributed by atoms with Gasteiger partial charge in [0.2, 0.25) is 0 Å². The molecule has 0 aliphatic heterocycles. The summed E-state index contributed by atoms with van der Waals surface area (Å²) >= 11 is 0. The molecule has 0 saturated carbocycles. The number of nitrogens with one attached hydrogen (secondary N) is 1. The number of hydrogen-bond acceptors (Lipinski definition) is 3. The smallest absolute Gasteiger partial charge is 0.317 e. The highest BCUT2D eigenvalue weighted by atomic mass is 16.5. The third-order valence-corrected chi connectivity index (χ3v) is 2.29. The molecule has 0 fully saturated rings. The van der Waals surface area contributed by atoms with Crippen molar-refractivity contribution in [2.75, 3.05) is 39.9 Å². The zero-order valence-corrected chi connectivity index (χ0v) is 10.5. The highest BCUT2D eigenvalue weighted by molar-refractivity contribution is 5.74. The molecule has 16 heavy (non-hydrogen) atoms. The van der Waals surface area contributed by atoms with E-state index in [4.69, 9.17) is 10.5 Å². The molecular formula is C11H25N3O2. The van der Waals surface area contributed by atoms with E-state index in [0.29, 0.717) is 26.2 Å². The van der Waals surface area contributed by atoms with Crippen LogP contribution in [0.1, 0.15) is 26.2 Å². The maximum absolute atomic E-state index is 11.7. The van der Waals surface area contributed by atoms with Gasteiger partial charge in [0, 0.05) is 26.7 Å². The molecule has 0 atom stereocenters. The van der Waals surface area contributed by atoms with Crippen LogP contribution in [0.25, 0.3) is 0 Å². The van der Waals surface area contributed by atoms with Gasteiger partial charge in [-0.1, -0.05) is 13.3 Å². The van der Waals surface area contributed by atoms with Crippen LogP contribution < -0.4 is 11.1 Å². The number of nitrogens with two attached hydrogens (primary N) is 1. The summed E-state index contributed by atoms with van der Waals surface area (Å²) in [5, 5.41) is 2.89. The van der Waals surface area contributed by atoms with E-state index in [1.54, 1.807) is 12.0 Å². The molecule has 0 bridgehead atoms. The first-order valence-corrected chi connectivity index (χ1v) is 5.98. The molecule has 5 heteroatoms. The molecule has 0 spiro atoms. The lowest BCUT2D eigenvalue weighted by molar-refractivity contribution is 0.149. The largest absolute Gasteiger partial charge is 0.383 e. The summed E-state index contributed by atoms with van der Waals surface area (Å²) in [6.07, 6.45) is 2.92. The zero-order chi connectivity index (χ0) is 12.2. The molecule has 0 saturated heterocycles. The molecule has 3 N–H and O–H groups in total. The van der Waals surface area contributed by atoms with Gasteiger partial charge in [-0.05, 0) is 19.4 Å². The fourth-order valence-corrected chi connectivity index (χ4v) is 1.28. The van der Waals surface area contributed by atoms with Crippen molar-refractivity contribution in [1.29, 1.82) is 0 Å². The van der Waals surface area contributed by atoms with Crippen molar-refractivity contribution in [3.8, 4) is 0 Å². The molecule has 0 aliphatic carbocycles. The van der Waals surface area contributed by atoms with E-state index in [2.05, 4.69) is 12.2 Å². The molecule has 2 amide bonds. The van der Waals surface area contributed by atoms with Crippen molar-refractivity contribution in [2.24, 2.45) is 5.73 Å². The third-order valence-electron chi connectivity index (χ3n) is 2.29. The predicted molar refractivity (Wildman–Crippen MR) is 65.4 cm³/mol. The van der Waals surface area contributed by atoms with Gasteiger partial charge in [0.05, 0.1) is 6.61 Å². The first kappa shape index (κ1) is 15.2. The Morgan fingerprint density at radius 2 is 2.12 bits per heavy atom. The zero-order valence-electron chi connectivity index (χ0n) is 10.5. The van der Waals surface area contributed by atoms with Crippen LogP contribution in [0.4, 0.5) is 4.79 Å². The summed E-state index contributed by atoms with van der Waals surface area (Å²) in [6, 6.07) is -0.0149. The Hall–Kier alpha value is -0.810. The number of amides is 2. The highest BCUT2D eigenvalue weighted by Gasteiger charge is 2.11. The fraction of sp³-hybridized carbons (Fsp3) is 0.909. The van der Waals surface area contributed by atoms with E-state index >= 15 is 0 Å². The van der Waals surface area contributed by atoms with E-state index in [1.807, 2.05) is 0 Å². The summed E-state index contributed by atoms with van der Waals surface area (Å²) in [5.74, 6) is 0. The van der Waals surface area contributed by atoms with E-state index in [1.165, 1.54) is 0 Å². The fourth-order valence-electron chi connectivity index (χ4n) is 1.28. The lowest BCUT2D eigenvalue weighted by atomic mass is 10.3. The van der Waals surface area contributed by atoms with Crippen LogP contribution in [0.5, 0.6) is 0 Å². The molecular weight excluding hydrogens is 206 g/mol. The first-order chi connectivity index (χ1) is 7.76. The minimum Gasteiger partial charge on any atom is -0.383 e. The molecule has 0 aromatic rings. The summed E-state index contributed by atoms with van der Waals surface area (Å²) in [7, 11) is 1.64.